The molecule has 2 aromatic carbocycles. The lowest BCUT2D eigenvalue weighted by molar-refractivity contribution is -0.129. The molecule has 0 radical (unpaired) electrons. The van der Waals surface area contributed by atoms with Crippen LogP contribution in [0.3, 0.4) is 0 Å². The van der Waals surface area contributed by atoms with Crippen molar-refractivity contribution < 1.29 is 10.0 Å². The van der Waals surface area contributed by atoms with E-state index >= 15 is 0 Å². The molecule has 1 amide bonds. The second kappa shape index (κ2) is 11.7. The second-order valence-electron chi connectivity index (χ2n) is 7.38. The van der Waals surface area contributed by atoms with E-state index in [-0.39, 0.29) is 5.91 Å². The SMILES string of the molecule is CN(C)CCN(CCCCCC(=O)NO)CCc1cccc2ccccc12. The zero-order chi connectivity index (χ0) is 19.5. The van der Waals surface area contributed by atoms with Gasteiger partial charge in [-0.25, -0.2) is 5.48 Å². The summed E-state index contributed by atoms with van der Waals surface area (Å²) in [6.45, 7) is 4.18. The Bertz CT molecular complexity index is 698. The highest BCUT2D eigenvalue weighted by Crippen LogP contribution is 2.19. The summed E-state index contributed by atoms with van der Waals surface area (Å²) in [5.41, 5.74) is 3.10. The molecule has 0 saturated carbocycles. The molecule has 27 heavy (non-hydrogen) atoms. The maximum Gasteiger partial charge on any atom is 0.243 e. The van der Waals surface area contributed by atoms with Gasteiger partial charge in [0.15, 0.2) is 0 Å². The molecule has 0 heterocycles. The van der Waals surface area contributed by atoms with Gasteiger partial charge in [-0.15, -0.1) is 0 Å². The van der Waals surface area contributed by atoms with Crippen molar-refractivity contribution >= 4 is 16.7 Å². The van der Waals surface area contributed by atoms with E-state index < -0.39 is 0 Å². The molecule has 0 atom stereocenters. The molecule has 0 fully saturated rings. The fraction of sp³-hybridized carbons (Fsp3) is 0.500. The summed E-state index contributed by atoms with van der Waals surface area (Å²) in [6, 6.07) is 15.1. The van der Waals surface area contributed by atoms with Crippen LogP contribution in [0.25, 0.3) is 10.8 Å². The number of hydroxylamine groups is 1. The number of benzene rings is 2. The number of unbranched alkanes of at least 4 members (excludes halogenated alkanes) is 2. The number of likely N-dealkylation sites (N-methyl/N-ethyl adjacent to an activating group) is 1. The number of nitrogens with zero attached hydrogens (tertiary/aromatic N) is 2. The third kappa shape index (κ3) is 7.67. The van der Waals surface area contributed by atoms with E-state index in [4.69, 9.17) is 5.21 Å². The van der Waals surface area contributed by atoms with E-state index in [1.807, 2.05) is 0 Å². The second-order valence-corrected chi connectivity index (χ2v) is 7.38. The van der Waals surface area contributed by atoms with Gasteiger partial charge in [0.2, 0.25) is 5.91 Å². The molecule has 0 aromatic heterocycles. The van der Waals surface area contributed by atoms with E-state index in [2.05, 4.69) is 66.4 Å². The molecular weight excluding hydrogens is 338 g/mol. The van der Waals surface area contributed by atoms with Crippen LogP contribution in [0, 0.1) is 0 Å². The van der Waals surface area contributed by atoms with Crippen LogP contribution in [-0.4, -0.2) is 61.2 Å². The largest absolute Gasteiger partial charge is 0.308 e. The number of hydrogen-bond donors (Lipinski definition) is 2. The molecule has 2 aromatic rings. The molecule has 0 bridgehead atoms. The van der Waals surface area contributed by atoms with Gasteiger partial charge < -0.3 is 9.80 Å². The Hall–Kier alpha value is -1.95. The minimum Gasteiger partial charge on any atom is -0.308 e. The quantitative estimate of drug-likeness (QED) is 0.341. The van der Waals surface area contributed by atoms with Gasteiger partial charge in [-0.05, 0) is 56.2 Å². The fourth-order valence-electron chi connectivity index (χ4n) is 3.32. The number of carbonyl (C=O) groups excluding carboxylic acids is 1. The Morgan fingerprint density at radius 2 is 1.70 bits per heavy atom. The molecule has 0 aliphatic carbocycles. The first-order chi connectivity index (χ1) is 13.1. The maximum absolute atomic E-state index is 11.1. The lowest BCUT2D eigenvalue weighted by atomic mass is 10.0. The number of carbonyl (C=O) groups is 1. The number of amides is 1. The predicted octanol–water partition coefficient (Wildman–Crippen LogP) is 3.31. The van der Waals surface area contributed by atoms with Crippen LogP contribution in [0.15, 0.2) is 42.5 Å². The number of fused-ring (bicyclic) bond motifs is 1. The zero-order valence-electron chi connectivity index (χ0n) is 16.7. The first-order valence-electron chi connectivity index (χ1n) is 9.87. The molecule has 5 nitrogen and oxygen atoms in total. The first kappa shape index (κ1) is 21.4. The monoisotopic (exact) mass is 371 g/mol. The standard InChI is InChI=1S/C22H33N3O2/c1-24(2)17-18-25(15-7-3-4-13-22(26)23-27)16-14-20-11-8-10-19-9-5-6-12-21(19)20/h5-6,8-12,27H,3-4,7,13-18H2,1-2H3,(H,23,26). The third-order valence-corrected chi connectivity index (χ3v) is 4.94. The Kier molecular flexibility index (Phi) is 9.25. The summed E-state index contributed by atoms with van der Waals surface area (Å²) >= 11 is 0. The van der Waals surface area contributed by atoms with Gasteiger partial charge in [-0.1, -0.05) is 48.9 Å². The van der Waals surface area contributed by atoms with Gasteiger partial charge in [0.1, 0.15) is 0 Å². The number of rotatable bonds is 12. The van der Waals surface area contributed by atoms with Crippen molar-refractivity contribution in [2.75, 3.05) is 40.3 Å². The normalized spacial score (nSPS) is 11.4. The van der Waals surface area contributed by atoms with Gasteiger partial charge >= 0.3 is 0 Å². The highest BCUT2D eigenvalue weighted by molar-refractivity contribution is 5.85. The Morgan fingerprint density at radius 1 is 0.926 bits per heavy atom. The van der Waals surface area contributed by atoms with Gasteiger partial charge in [-0.2, -0.15) is 0 Å². The number of nitrogens with one attached hydrogen (secondary N) is 1. The van der Waals surface area contributed by atoms with Crippen molar-refractivity contribution in [1.82, 2.24) is 15.3 Å². The lowest BCUT2D eigenvalue weighted by Crippen LogP contribution is -2.34. The molecule has 0 spiro atoms. The molecule has 148 valence electrons. The highest BCUT2D eigenvalue weighted by Gasteiger charge is 2.08. The summed E-state index contributed by atoms with van der Waals surface area (Å²) in [5, 5.41) is 11.2. The van der Waals surface area contributed by atoms with Gasteiger partial charge in [-0.3, -0.25) is 10.0 Å². The molecule has 0 aliphatic rings. The van der Waals surface area contributed by atoms with Crippen molar-refractivity contribution in [3.63, 3.8) is 0 Å². The molecule has 2 N–H and O–H groups in total. The number of hydrogen-bond acceptors (Lipinski definition) is 4. The van der Waals surface area contributed by atoms with Crippen molar-refractivity contribution in [1.29, 1.82) is 0 Å². The zero-order valence-corrected chi connectivity index (χ0v) is 16.7. The van der Waals surface area contributed by atoms with E-state index in [1.165, 1.54) is 16.3 Å². The molecule has 5 heteroatoms. The maximum atomic E-state index is 11.1. The third-order valence-electron chi connectivity index (χ3n) is 4.94. The van der Waals surface area contributed by atoms with Crippen LogP contribution in [0.1, 0.15) is 31.2 Å². The average molecular weight is 372 g/mol. The van der Waals surface area contributed by atoms with Crippen LogP contribution in [-0.2, 0) is 11.2 Å². The predicted molar refractivity (Wildman–Crippen MR) is 111 cm³/mol. The van der Waals surface area contributed by atoms with Crippen LogP contribution < -0.4 is 5.48 Å². The summed E-state index contributed by atoms with van der Waals surface area (Å²) in [6.07, 6.45) is 4.32. The lowest BCUT2D eigenvalue weighted by Gasteiger charge is -2.24. The summed E-state index contributed by atoms with van der Waals surface area (Å²) in [7, 11) is 4.22. The Morgan fingerprint density at radius 3 is 2.48 bits per heavy atom. The van der Waals surface area contributed by atoms with E-state index in [1.54, 1.807) is 5.48 Å². The first-order valence-corrected chi connectivity index (χ1v) is 9.87. The van der Waals surface area contributed by atoms with Crippen LogP contribution >= 0.6 is 0 Å². The fourth-order valence-corrected chi connectivity index (χ4v) is 3.32. The van der Waals surface area contributed by atoms with Crippen LogP contribution in [0.4, 0.5) is 0 Å². The molecule has 0 saturated heterocycles. The van der Waals surface area contributed by atoms with E-state index in [0.717, 1.165) is 51.9 Å². The minimum absolute atomic E-state index is 0.296. The molecular formula is C22H33N3O2. The summed E-state index contributed by atoms with van der Waals surface area (Å²) in [4.78, 5) is 15.8. The Balaban J connectivity index is 1.86. The van der Waals surface area contributed by atoms with E-state index in [0.29, 0.717) is 6.42 Å². The van der Waals surface area contributed by atoms with Crippen LogP contribution in [0.5, 0.6) is 0 Å². The summed E-state index contributed by atoms with van der Waals surface area (Å²) < 4.78 is 0. The van der Waals surface area contributed by atoms with Gasteiger partial charge in [0, 0.05) is 26.1 Å². The topological polar surface area (TPSA) is 55.8 Å². The van der Waals surface area contributed by atoms with Gasteiger partial charge in [0.05, 0.1) is 0 Å². The summed E-state index contributed by atoms with van der Waals surface area (Å²) in [5.74, 6) is -0.296. The van der Waals surface area contributed by atoms with E-state index in [9.17, 15) is 4.79 Å². The smallest absolute Gasteiger partial charge is 0.243 e. The Labute approximate surface area is 162 Å². The van der Waals surface area contributed by atoms with Crippen molar-refractivity contribution in [3.05, 3.63) is 48.0 Å². The van der Waals surface area contributed by atoms with Crippen molar-refractivity contribution in [2.45, 2.75) is 32.1 Å². The molecule has 0 aliphatic heterocycles. The molecule has 0 unspecified atom stereocenters. The highest BCUT2D eigenvalue weighted by atomic mass is 16.5. The minimum atomic E-state index is -0.296. The van der Waals surface area contributed by atoms with Crippen LogP contribution in [0.2, 0.25) is 0 Å². The average Bonchev–Trinajstić information content (AvgIpc) is 2.68. The van der Waals surface area contributed by atoms with Gasteiger partial charge in [0.25, 0.3) is 0 Å². The molecule has 2 rings (SSSR count). The van der Waals surface area contributed by atoms with Crippen molar-refractivity contribution in [2.24, 2.45) is 0 Å². The van der Waals surface area contributed by atoms with Crippen molar-refractivity contribution in [3.8, 4) is 0 Å².